The molecule has 2 amide bonds. The van der Waals surface area contributed by atoms with Crippen LogP contribution in [0.2, 0.25) is 0 Å². The Morgan fingerprint density at radius 3 is 2.30 bits per heavy atom. The molecule has 0 spiro atoms. The van der Waals surface area contributed by atoms with Gasteiger partial charge in [0, 0.05) is 11.6 Å². The first-order valence-corrected chi connectivity index (χ1v) is 8.30. The van der Waals surface area contributed by atoms with E-state index < -0.39 is 11.8 Å². The summed E-state index contributed by atoms with van der Waals surface area (Å²) >= 11 is 0. The van der Waals surface area contributed by atoms with E-state index in [1.54, 1.807) is 18.2 Å². The first-order valence-electron chi connectivity index (χ1n) is 8.30. The highest BCUT2D eigenvalue weighted by Gasteiger charge is 2.11. The fourth-order valence-electron chi connectivity index (χ4n) is 2.22. The van der Waals surface area contributed by atoms with Crippen LogP contribution in [-0.2, 0) is 4.79 Å². The molecule has 0 bridgehead atoms. The molecule has 2 N–H and O–H groups in total. The van der Waals surface area contributed by atoms with Crippen LogP contribution < -0.4 is 25.1 Å². The fourth-order valence-corrected chi connectivity index (χ4v) is 2.22. The molecule has 0 saturated heterocycles. The molecule has 0 atom stereocenters. The first kappa shape index (κ1) is 19.8. The minimum atomic E-state index is -0.473. The topological polar surface area (TPSA) is 85.9 Å². The molecular formula is C20H22N2O5. The van der Waals surface area contributed by atoms with Crippen LogP contribution in [0, 0.1) is 0 Å². The monoisotopic (exact) mass is 370 g/mol. The maximum Gasteiger partial charge on any atom is 0.269 e. The minimum absolute atomic E-state index is 0.323. The van der Waals surface area contributed by atoms with Crippen molar-refractivity contribution in [2.75, 3.05) is 20.8 Å². The van der Waals surface area contributed by atoms with Gasteiger partial charge in [-0.25, -0.2) is 0 Å². The largest absolute Gasteiger partial charge is 0.494 e. The van der Waals surface area contributed by atoms with Crippen molar-refractivity contribution in [3.63, 3.8) is 0 Å². The second-order valence-corrected chi connectivity index (χ2v) is 5.35. The van der Waals surface area contributed by atoms with Gasteiger partial charge in [0.25, 0.3) is 11.8 Å². The number of hydrazine groups is 1. The van der Waals surface area contributed by atoms with Gasteiger partial charge in [0.1, 0.15) is 5.75 Å². The molecule has 0 aliphatic carbocycles. The van der Waals surface area contributed by atoms with Gasteiger partial charge in [-0.05, 0) is 48.9 Å². The van der Waals surface area contributed by atoms with Crippen molar-refractivity contribution in [3.8, 4) is 17.2 Å². The number of carbonyl (C=O) groups is 2. The summed E-state index contributed by atoms with van der Waals surface area (Å²) in [5.41, 5.74) is 5.83. The van der Waals surface area contributed by atoms with Crippen LogP contribution in [0.5, 0.6) is 17.2 Å². The quantitative estimate of drug-likeness (QED) is 0.578. The number of carbonyl (C=O) groups excluding carboxylic acids is 2. The molecule has 2 aromatic carbocycles. The summed E-state index contributed by atoms with van der Waals surface area (Å²) in [5.74, 6) is 0.765. The third-order valence-corrected chi connectivity index (χ3v) is 3.56. The van der Waals surface area contributed by atoms with Gasteiger partial charge in [-0.2, -0.15) is 0 Å². The van der Waals surface area contributed by atoms with Gasteiger partial charge in [-0.1, -0.05) is 12.1 Å². The molecule has 7 nitrogen and oxygen atoms in total. The summed E-state index contributed by atoms with van der Waals surface area (Å²) in [6.45, 7) is 2.51. The van der Waals surface area contributed by atoms with Crippen LogP contribution in [0.1, 0.15) is 22.8 Å². The SMILES string of the molecule is CCOc1ccc(/C=C/C(=O)NNC(=O)c2ccc(OC)c(OC)c2)cc1. The lowest BCUT2D eigenvalue weighted by atomic mass is 10.2. The zero-order valence-corrected chi connectivity index (χ0v) is 15.4. The summed E-state index contributed by atoms with van der Waals surface area (Å²) in [6.07, 6.45) is 2.96. The molecule has 2 rings (SSSR count). The van der Waals surface area contributed by atoms with Gasteiger partial charge in [0.15, 0.2) is 11.5 Å². The van der Waals surface area contributed by atoms with Crippen LogP contribution in [0.15, 0.2) is 48.5 Å². The number of rotatable bonds is 7. The summed E-state index contributed by atoms with van der Waals surface area (Å²) < 4.78 is 15.6. The zero-order chi connectivity index (χ0) is 19.6. The predicted molar refractivity (Wildman–Crippen MR) is 102 cm³/mol. The van der Waals surface area contributed by atoms with E-state index in [9.17, 15) is 9.59 Å². The Bertz CT molecular complexity index is 816. The number of nitrogens with one attached hydrogen (secondary N) is 2. The van der Waals surface area contributed by atoms with Crippen molar-refractivity contribution < 1.29 is 23.8 Å². The lowest BCUT2D eigenvalue weighted by molar-refractivity contribution is -0.117. The van der Waals surface area contributed by atoms with E-state index in [2.05, 4.69) is 10.9 Å². The summed E-state index contributed by atoms with van der Waals surface area (Å²) in [4.78, 5) is 24.0. The fraction of sp³-hybridized carbons (Fsp3) is 0.200. The number of methoxy groups -OCH3 is 2. The summed E-state index contributed by atoms with van der Waals surface area (Å²) in [7, 11) is 2.99. The predicted octanol–water partition coefficient (Wildman–Crippen LogP) is 2.58. The Morgan fingerprint density at radius 1 is 0.963 bits per heavy atom. The number of hydrogen-bond acceptors (Lipinski definition) is 5. The number of amides is 2. The molecule has 7 heteroatoms. The molecule has 0 radical (unpaired) electrons. The van der Waals surface area contributed by atoms with Crippen molar-refractivity contribution in [2.24, 2.45) is 0 Å². The van der Waals surface area contributed by atoms with Crippen LogP contribution in [0.25, 0.3) is 6.08 Å². The molecule has 0 aromatic heterocycles. The standard InChI is InChI=1S/C20H22N2O5/c1-4-27-16-9-5-14(6-10-16)7-12-19(23)21-22-20(24)15-8-11-17(25-2)18(13-15)26-3/h5-13H,4H2,1-3H3,(H,21,23)(H,22,24)/b12-7+. The molecule has 0 heterocycles. The molecule has 0 fully saturated rings. The summed E-state index contributed by atoms with van der Waals surface area (Å²) in [5, 5.41) is 0. The van der Waals surface area contributed by atoms with E-state index in [1.807, 2.05) is 31.2 Å². The second kappa shape index (κ2) is 9.86. The van der Waals surface area contributed by atoms with E-state index >= 15 is 0 Å². The highest BCUT2D eigenvalue weighted by molar-refractivity contribution is 5.98. The van der Waals surface area contributed by atoms with Crippen LogP contribution in [0.4, 0.5) is 0 Å². The maximum atomic E-state index is 12.1. The normalized spacial score (nSPS) is 10.3. The average molecular weight is 370 g/mol. The number of hydrogen-bond donors (Lipinski definition) is 2. The van der Waals surface area contributed by atoms with E-state index in [0.29, 0.717) is 23.7 Å². The Hall–Kier alpha value is -3.48. The van der Waals surface area contributed by atoms with E-state index in [0.717, 1.165) is 11.3 Å². The molecule has 142 valence electrons. The molecule has 0 unspecified atom stereocenters. The Morgan fingerprint density at radius 2 is 1.67 bits per heavy atom. The van der Waals surface area contributed by atoms with Crippen molar-refractivity contribution >= 4 is 17.9 Å². The van der Waals surface area contributed by atoms with Gasteiger partial charge in [-0.3, -0.25) is 20.4 Å². The van der Waals surface area contributed by atoms with E-state index in [-0.39, 0.29) is 0 Å². The van der Waals surface area contributed by atoms with Gasteiger partial charge in [0.05, 0.1) is 20.8 Å². The van der Waals surface area contributed by atoms with Gasteiger partial charge in [0.2, 0.25) is 0 Å². The number of benzene rings is 2. The zero-order valence-electron chi connectivity index (χ0n) is 15.4. The molecule has 0 saturated carbocycles. The summed E-state index contributed by atoms with van der Waals surface area (Å²) in [6, 6.07) is 12.0. The molecule has 0 aliphatic heterocycles. The third kappa shape index (κ3) is 5.78. The van der Waals surface area contributed by atoms with Gasteiger partial charge >= 0.3 is 0 Å². The lowest BCUT2D eigenvalue weighted by Gasteiger charge is -2.10. The lowest BCUT2D eigenvalue weighted by Crippen LogP contribution is -2.40. The Balaban J connectivity index is 1.90. The van der Waals surface area contributed by atoms with E-state index in [1.165, 1.54) is 26.4 Å². The van der Waals surface area contributed by atoms with Crippen LogP contribution in [0.3, 0.4) is 0 Å². The number of ether oxygens (including phenoxy) is 3. The first-order chi connectivity index (χ1) is 13.1. The highest BCUT2D eigenvalue weighted by Crippen LogP contribution is 2.27. The van der Waals surface area contributed by atoms with Gasteiger partial charge in [-0.15, -0.1) is 0 Å². The molecule has 0 aliphatic rings. The van der Waals surface area contributed by atoms with Crippen molar-refractivity contribution in [1.82, 2.24) is 10.9 Å². The molecular weight excluding hydrogens is 348 g/mol. The molecule has 2 aromatic rings. The third-order valence-electron chi connectivity index (χ3n) is 3.56. The Labute approximate surface area is 157 Å². The second-order valence-electron chi connectivity index (χ2n) is 5.35. The highest BCUT2D eigenvalue weighted by atomic mass is 16.5. The smallest absolute Gasteiger partial charge is 0.269 e. The van der Waals surface area contributed by atoms with Crippen molar-refractivity contribution in [3.05, 3.63) is 59.7 Å². The van der Waals surface area contributed by atoms with Crippen LogP contribution in [-0.4, -0.2) is 32.6 Å². The van der Waals surface area contributed by atoms with E-state index in [4.69, 9.17) is 14.2 Å². The van der Waals surface area contributed by atoms with Gasteiger partial charge < -0.3 is 14.2 Å². The maximum absolute atomic E-state index is 12.1. The van der Waals surface area contributed by atoms with Crippen molar-refractivity contribution in [2.45, 2.75) is 6.92 Å². The van der Waals surface area contributed by atoms with Crippen LogP contribution >= 0.6 is 0 Å². The molecule has 27 heavy (non-hydrogen) atoms. The van der Waals surface area contributed by atoms with Crippen molar-refractivity contribution in [1.29, 1.82) is 0 Å². The minimum Gasteiger partial charge on any atom is -0.494 e. The average Bonchev–Trinajstić information content (AvgIpc) is 2.71. The Kier molecular flexibility index (Phi) is 7.25.